The number of carbonyl (C=O) groups excluding carboxylic acids is 2. The fourth-order valence-corrected chi connectivity index (χ4v) is 2.90. The molecule has 0 saturated carbocycles. The molecule has 0 spiro atoms. The van der Waals surface area contributed by atoms with E-state index in [4.69, 9.17) is 10.5 Å². The molecule has 22 heavy (non-hydrogen) atoms. The Morgan fingerprint density at radius 1 is 1.05 bits per heavy atom. The Morgan fingerprint density at radius 2 is 1.68 bits per heavy atom. The minimum absolute atomic E-state index is 0.0426. The highest BCUT2D eigenvalue weighted by molar-refractivity contribution is 5.82. The Morgan fingerprint density at radius 3 is 2.27 bits per heavy atom. The van der Waals surface area contributed by atoms with Crippen LogP contribution in [0.5, 0.6) is 0 Å². The van der Waals surface area contributed by atoms with Crippen molar-refractivity contribution in [3.05, 3.63) is 0 Å². The van der Waals surface area contributed by atoms with Gasteiger partial charge < -0.3 is 20.3 Å². The van der Waals surface area contributed by atoms with E-state index in [0.717, 1.165) is 25.9 Å². The highest BCUT2D eigenvalue weighted by Crippen LogP contribution is 2.07. The Bertz CT molecular complexity index is 377. The largest absolute Gasteiger partial charge is 0.378 e. The lowest BCUT2D eigenvalue weighted by molar-refractivity contribution is -0.138. The zero-order valence-corrected chi connectivity index (χ0v) is 13.5. The number of amides is 2. The molecule has 2 aliphatic rings. The molecule has 1 atom stereocenters. The van der Waals surface area contributed by atoms with Gasteiger partial charge in [-0.25, -0.2) is 0 Å². The zero-order chi connectivity index (χ0) is 15.9. The van der Waals surface area contributed by atoms with E-state index in [9.17, 15) is 9.59 Å². The molecule has 0 radical (unpaired) electrons. The molecular weight excluding hydrogens is 284 g/mol. The van der Waals surface area contributed by atoms with Gasteiger partial charge in [-0.05, 0) is 6.42 Å². The summed E-state index contributed by atoms with van der Waals surface area (Å²) in [6.07, 6.45) is 1.65. The molecule has 126 valence electrons. The van der Waals surface area contributed by atoms with Crippen LogP contribution in [-0.4, -0.2) is 91.6 Å². The Labute approximate surface area is 132 Å². The number of carbonyl (C=O) groups is 2. The van der Waals surface area contributed by atoms with Gasteiger partial charge in [-0.3, -0.25) is 14.5 Å². The molecule has 2 fully saturated rings. The van der Waals surface area contributed by atoms with E-state index in [0.29, 0.717) is 45.9 Å². The van der Waals surface area contributed by atoms with E-state index in [1.165, 1.54) is 0 Å². The van der Waals surface area contributed by atoms with Gasteiger partial charge in [-0.2, -0.15) is 0 Å². The van der Waals surface area contributed by atoms with Gasteiger partial charge in [0.15, 0.2) is 0 Å². The van der Waals surface area contributed by atoms with Gasteiger partial charge in [0.2, 0.25) is 11.8 Å². The monoisotopic (exact) mass is 312 g/mol. The molecule has 0 aromatic carbocycles. The number of morpholine rings is 1. The molecule has 1 unspecified atom stereocenters. The maximum absolute atomic E-state index is 12.2. The van der Waals surface area contributed by atoms with Crippen molar-refractivity contribution in [3.63, 3.8) is 0 Å². The maximum Gasteiger partial charge on any atom is 0.239 e. The average molecular weight is 312 g/mol. The summed E-state index contributed by atoms with van der Waals surface area (Å²) in [4.78, 5) is 30.2. The first-order valence-electron chi connectivity index (χ1n) is 8.24. The summed E-state index contributed by atoms with van der Waals surface area (Å²) < 4.78 is 5.26. The standard InChI is InChI=1S/C15H28N4O3/c1-2-3-13(16)15(21)19-6-4-17(5-7-19)12-14(20)18-8-10-22-11-9-18/h13H,2-12,16H2,1H3. The summed E-state index contributed by atoms with van der Waals surface area (Å²) in [6.45, 7) is 7.88. The van der Waals surface area contributed by atoms with Crippen LogP contribution in [0, 0.1) is 0 Å². The molecule has 0 aromatic heterocycles. The lowest BCUT2D eigenvalue weighted by Gasteiger charge is -2.36. The first kappa shape index (κ1) is 17.2. The Kier molecular flexibility index (Phi) is 6.60. The van der Waals surface area contributed by atoms with Gasteiger partial charge in [0.25, 0.3) is 0 Å². The van der Waals surface area contributed by atoms with Crippen LogP contribution < -0.4 is 5.73 Å². The molecule has 2 N–H and O–H groups in total. The van der Waals surface area contributed by atoms with Crippen molar-refractivity contribution in [1.29, 1.82) is 0 Å². The number of hydrogen-bond acceptors (Lipinski definition) is 5. The van der Waals surface area contributed by atoms with Crippen molar-refractivity contribution in [2.45, 2.75) is 25.8 Å². The topological polar surface area (TPSA) is 79.1 Å². The predicted molar refractivity (Wildman–Crippen MR) is 83.3 cm³/mol. The van der Waals surface area contributed by atoms with E-state index >= 15 is 0 Å². The molecule has 2 aliphatic heterocycles. The van der Waals surface area contributed by atoms with Crippen LogP contribution in [0.4, 0.5) is 0 Å². The smallest absolute Gasteiger partial charge is 0.239 e. The number of nitrogens with two attached hydrogens (primary N) is 1. The van der Waals surface area contributed by atoms with E-state index in [2.05, 4.69) is 4.90 Å². The average Bonchev–Trinajstić information content (AvgIpc) is 2.56. The van der Waals surface area contributed by atoms with Crippen LogP contribution in [0.15, 0.2) is 0 Å². The molecule has 0 bridgehead atoms. The molecule has 2 amide bonds. The van der Waals surface area contributed by atoms with Crippen LogP contribution in [0.1, 0.15) is 19.8 Å². The van der Waals surface area contributed by atoms with Crippen molar-refractivity contribution in [2.75, 3.05) is 59.0 Å². The van der Waals surface area contributed by atoms with Crippen molar-refractivity contribution in [2.24, 2.45) is 5.73 Å². The highest BCUT2D eigenvalue weighted by Gasteiger charge is 2.26. The van der Waals surface area contributed by atoms with Gasteiger partial charge in [0, 0.05) is 39.3 Å². The van der Waals surface area contributed by atoms with Gasteiger partial charge in [0.1, 0.15) is 0 Å². The third-order valence-electron chi connectivity index (χ3n) is 4.32. The lowest BCUT2D eigenvalue weighted by atomic mass is 10.1. The van der Waals surface area contributed by atoms with Crippen LogP contribution in [0.3, 0.4) is 0 Å². The number of rotatable bonds is 5. The third kappa shape index (κ3) is 4.66. The number of ether oxygens (including phenoxy) is 1. The zero-order valence-electron chi connectivity index (χ0n) is 13.5. The predicted octanol–water partition coefficient (Wildman–Crippen LogP) is -0.883. The third-order valence-corrected chi connectivity index (χ3v) is 4.32. The fourth-order valence-electron chi connectivity index (χ4n) is 2.90. The minimum atomic E-state index is -0.383. The molecular formula is C15H28N4O3. The molecule has 2 heterocycles. The van der Waals surface area contributed by atoms with E-state index < -0.39 is 0 Å². The van der Waals surface area contributed by atoms with Gasteiger partial charge in [0.05, 0.1) is 25.8 Å². The van der Waals surface area contributed by atoms with Gasteiger partial charge in [-0.15, -0.1) is 0 Å². The molecule has 7 heteroatoms. The van der Waals surface area contributed by atoms with Crippen molar-refractivity contribution < 1.29 is 14.3 Å². The summed E-state index contributed by atoms with van der Waals surface area (Å²) in [5.41, 5.74) is 5.89. The van der Waals surface area contributed by atoms with Gasteiger partial charge >= 0.3 is 0 Å². The van der Waals surface area contributed by atoms with Crippen LogP contribution in [0.2, 0.25) is 0 Å². The molecule has 7 nitrogen and oxygen atoms in total. The summed E-state index contributed by atoms with van der Waals surface area (Å²) in [6, 6.07) is -0.383. The summed E-state index contributed by atoms with van der Waals surface area (Å²) in [7, 11) is 0. The fraction of sp³-hybridized carbons (Fsp3) is 0.867. The summed E-state index contributed by atoms with van der Waals surface area (Å²) in [5.74, 6) is 0.201. The quantitative estimate of drug-likeness (QED) is 0.713. The second-order valence-corrected chi connectivity index (χ2v) is 5.99. The van der Waals surface area contributed by atoms with Crippen LogP contribution in [0.25, 0.3) is 0 Å². The summed E-state index contributed by atoms with van der Waals surface area (Å²) in [5, 5.41) is 0. The van der Waals surface area contributed by atoms with E-state index in [1.807, 2.05) is 16.7 Å². The lowest BCUT2D eigenvalue weighted by Crippen LogP contribution is -2.55. The minimum Gasteiger partial charge on any atom is -0.378 e. The van der Waals surface area contributed by atoms with Gasteiger partial charge in [-0.1, -0.05) is 13.3 Å². The number of piperazine rings is 1. The van der Waals surface area contributed by atoms with Crippen molar-refractivity contribution in [3.8, 4) is 0 Å². The Hall–Kier alpha value is -1.18. The van der Waals surface area contributed by atoms with Crippen LogP contribution in [-0.2, 0) is 14.3 Å². The van der Waals surface area contributed by atoms with E-state index in [-0.39, 0.29) is 17.9 Å². The first-order valence-corrected chi connectivity index (χ1v) is 8.24. The number of nitrogens with zero attached hydrogens (tertiary/aromatic N) is 3. The second-order valence-electron chi connectivity index (χ2n) is 5.99. The second kappa shape index (κ2) is 8.45. The Balaban J connectivity index is 1.72. The molecule has 2 saturated heterocycles. The SMILES string of the molecule is CCCC(N)C(=O)N1CCN(CC(=O)N2CCOCC2)CC1. The van der Waals surface area contributed by atoms with Crippen molar-refractivity contribution >= 4 is 11.8 Å². The number of hydrogen-bond donors (Lipinski definition) is 1. The molecule has 0 aliphatic carbocycles. The summed E-state index contributed by atoms with van der Waals surface area (Å²) >= 11 is 0. The van der Waals surface area contributed by atoms with Crippen LogP contribution >= 0.6 is 0 Å². The normalized spacial score (nSPS) is 21.7. The van der Waals surface area contributed by atoms with E-state index in [1.54, 1.807) is 0 Å². The van der Waals surface area contributed by atoms with Crippen molar-refractivity contribution in [1.82, 2.24) is 14.7 Å². The maximum atomic E-state index is 12.2. The highest BCUT2D eigenvalue weighted by atomic mass is 16.5. The molecule has 0 aromatic rings. The molecule has 2 rings (SSSR count). The first-order chi connectivity index (χ1) is 10.6.